The van der Waals surface area contributed by atoms with E-state index in [9.17, 15) is 0 Å². The van der Waals surface area contributed by atoms with Crippen molar-refractivity contribution in [3.05, 3.63) is 133 Å². The van der Waals surface area contributed by atoms with Crippen LogP contribution in [-0.4, -0.2) is 19.5 Å². The van der Waals surface area contributed by atoms with Gasteiger partial charge in [0.1, 0.15) is 5.52 Å². The van der Waals surface area contributed by atoms with Crippen molar-refractivity contribution in [1.82, 2.24) is 19.5 Å². The van der Waals surface area contributed by atoms with E-state index in [0.29, 0.717) is 11.8 Å². The lowest BCUT2D eigenvalue weighted by Gasteiger charge is -2.11. The van der Waals surface area contributed by atoms with Gasteiger partial charge in [-0.15, -0.1) is 0 Å². The molecule has 0 radical (unpaired) electrons. The molecule has 0 aliphatic rings. The largest absolute Gasteiger partial charge is 0.435 e. The number of fused-ring (bicyclic) bond motifs is 5. The van der Waals surface area contributed by atoms with Crippen LogP contribution in [0, 0.1) is 0 Å². The van der Waals surface area contributed by atoms with E-state index in [-0.39, 0.29) is 0 Å². The van der Waals surface area contributed by atoms with Crippen LogP contribution in [0.25, 0.3) is 72.8 Å². The Kier molecular flexibility index (Phi) is 5.07. The molecule has 0 amide bonds. The number of aromatic nitrogens is 4. The summed E-state index contributed by atoms with van der Waals surface area (Å²) in [7, 11) is 0. The first-order valence-electron chi connectivity index (χ1n) is 13.2. The van der Waals surface area contributed by atoms with Gasteiger partial charge in [0.25, 0.3) is 0 Å². The van der Waals surface area contributed by atoms with E-state index < -0.39 is 0 Å². The van der Waals surface area contributed by atoms with Gasteiger partial charge in [-0.05, 0) is 36.4 Å². The van der Waals surface area contributed by atoms with Crippen LogP contribution >= 0.6 is 0 Å². The second kappa shape index (κ2) is 9.03. The molecule has 3 aromatic heterocycles. The molecule has 40 heavy (non-hydrogen) atoms. The van der Waals surface area contributed by atoms with Crippen LogP contribution in [0.2, 0.25) is 0 Å². The number of rotatable bonds is 4. The molecular formula is C35H22N4O. The van der Waals surface area contributed by atoms with Gasteiger partial charge in [-0.2, -0.15) is 0 Å². The quantitative estimate of drug-likeness (QED) is 0.236. The van der Waals surface area contributed by atoms with Gasteiger partial charge in [-0.3, -0.25) is 4.57 Å². The van der Waals surface area contributed by atoms with Crippen LogP contribution < -0.4 is 0 Å². The molecule has 0 aliphatic heterocycles. The molecule has 5 aromatic carbocycles. The van der Waals surface area contributed by atoms with Crippen LogP contribution in [0.15, 0.2) is 138 Å². The van der Waals surface area contributed by atoms with Gasteiger partial charge in [0.15, 0.2) is 5.58 Å². The van der Waals surface area contributed by atoms with Gasteiger partial charge in [0, 0.05) is 22.1 Å². The third-order valence-electron chi connectivity index (χ3n) is 7.27. The minimum atomic E-state index is 0.605. The maximum atomic E-state index is 6.45. The molecule has 0 aliphatic carbocycles. The molecule has 0 saturated heterocycles. The molecule has 0 saturated carbocycles. The van der Waals surface area contributed by atoms with Crippen LogP contribution in [0.5, 0.6) is 0 Å². The van der Waals surface area contributed by atoms with Crippen molar-refractivity contribution >= 4 is 32.9 Å². The summed E-state index contributed by atoms with van der Waals surface area (Å²) in [4.78, 5) is 15.0. The lowest BCUT2D eigenvalue weighted by Crippen LogP contribution is -2.03. The predicted octanol–water partition coefficient (Wildman–Crippen LogP) is 8.72. The molecule has 0 fully saturated rings. The number of oxazole rings is 1. The highest BCUT2D eigenvalue weighted by Gasteiger charge is 2.21. The zero-order valence-corrected chi connectivity index (χ0v) is 21.4. The van der Waals surface area contributed by atoms with Crippen molar-refractivity contribution in [2.24, 2.45) is 0 Å². The number of hydrogen-bond acceptors (Lipinski definition) is 4. The van der Waals surface area contributed by atoms with E-state index in [1.54, 1.807) is 0 Å². The Balaban J connectivity index is 1.43. The highest BCUT2D eigenvalue weighted by atomic mass is 16.3. The summed E-state index contributed by atoms with van der Waals surface area (Å²) in [5, 5.41) is 2.06. The Morgan fingerprint density at radius 3 is 1.73 bits per heavy atom. The smallest absolute Gasteiger partial charge is 0.235 e. The van der Waals surface area contributed by atoms with Gasteiger partial charge in [0.05, 0.1) is 27.8 Å². The fraction of sp³-hybridized carbons (Fsp3) is 0. The second-order valence-electron chi connectivity index (χ2n) is 9.72. The first-order chi connectivity index (χ1) is 19.8. The third kappa shape index (κ3) is 3.60. The number of benzene rings is 5. The topological polar surface area (TPSA) is 56.7 Å². The molecule has 8 aromatic rings. The summed E-state index contributed by atoms with van der Waals surface area (Å²) < 4.78 is 8.58. The monoisotopic (exact) mass is 514 g/mol. The van der Waals surface area contributed by atoms with Crippen molar-refractivity contribution in [3.63, 3.8) is 0 Å². The Morgan fingerprint density at radius 1 is 0.500 bits per heavy atom. The van der Waals surface area contributed by atoms with Crippen LogP contribution in [0.4, 0.5) is 0 Å². The summed E-state index contributed by atoms with van der Waals surface area (Å²) >= 11 is 0. The van der Waals surface area contributed by atoms with E-state index in [0.717, 1.165) is 61.0 Å². The minimum Gasteiger partial charge on any atom is -0.435 e. The number of nitrogens with zero attached hydrogens (tertiary/aromatic N) is 4. The van der Waals surface area contributed by atoms with Crippen molar-refractivity contribution in [1.29, 1.82) is 0 Å². The molecule has 0 spiro atoms. The summed E-state index contributed by atoms with van der Waals surface area (Å²) in [6.07, 6.45) is 0. The Morgan fingerprint density at radius 2 is 1.07 bits per heavy atom. The van der Waals surface area contributed by atoms with Crippen molar-refractivity contribution in [2.45, 2.75) is 0 Å². The van der Waals surface area contributed by atoms with E-state index in [2.05, 4.69) is 59.2 Å². The van der Waals surface area contributed by atoms with Crippen LogP contribution in [0.3, 0.4) is 0 Å². The summed E-state index contributed by atoms with van der Waals surface area (Å²) in [5.41, 5.74) is 8.29. The average molecular weight is 515 g/mol. The maximum Gasteiger partial charge on any atom is 0.235 e. The predicted molar refractivity (Wildman–Crippen MR) is 160 cm³/mol. The van der Waals surface area contributed by atoms with Crippen molar-refractivity contribution in [3.8, 4) is 39.9 Å². The molecule has 5 heteroatoms. The minimum absolute atomic E-state index is 0.605. The van der Waals surface area contributed by atoms with Gasteiger partial charge in [0.2, 0.25) is 11.8 Å². The third-order valence-corrected chi connectivity index (χ3v) is 7.27. The van der Waals surface area contributed by atoms with Crippen molar-refractivity contribution < 1.29 is 4.42 Å². The zero-order chi connectivity index (χ0) is 26.5. The average Bonchev–Trinajstić information content (AvgIpc) is 3.62. The van der Waals surface area contributed by atoms with E-state index in [1.807, 2.05) is 78.9 Å². The first-order valence-corrected chi connectivity index (χ1v) is 13.2. The van der Waals surface area contributed by atoms with Gasteiger partial charge in [-0.1, -0.05) is 97.1 Å². The standard InChI is InChI=1S/C35H22N4O/c1-4-12-23(13-5-1)28-22-29(24-14-6-2-7-15-24)38-35(37-28)39-30-19-11-10-18-26(30)32-31(39)21-20-27-33(32)40-34(36-27)25-16-8-3-9-17-25/h1-22H. The summed E-state index contributed by atoms with van der Waals surface area (Å²) in [6, 6.07) is 45.0. The Labute approximate surface area is 230 Å². The molecule has 188 valence electrons. The lowest BCUT2D eigenvalue weighted by atomic mass is 10.1. The Bertz CT molecular complexity index is 2090. The summed E-state index contributed by atoms with van der Waals surface area (Å²) in [5.74, 6) is 1.21. The molecule has 0 bridgehead atoms. The van der Waals surface area contributed by atoms with E-state index in [1.165, 1.54) is 0 Å². The van der Waals surface area contributed by atoms with Crippen LogP contribution in [0.1, 0.15) is 0 Å². The molecule has 0 atom stereocenters. The number of para-hydroxylation sites is 1. The molecular weight excluding hydrogens is 492 g/mol. The van der Waals surface area contributed by atoms with E-state index in [4.69, 9.17) is 19.4 Å². The SMILES string of the molecule is c1ccc(-c2cc(-c3ccccc3)nc(-n3c4ccccc4c4c5oc(-c6ccccc6)nc5ccc43)n2)cc1. The van der Waals surface area contributed by atoms with Gasteiger partial charge < -0.3 is 4.42 Å². The zero-order valence-electron chi connectivity index (χ0n) is 21.4. The highest BCUT2D eigenvalue weighted by molar-refractivity contribution is 6.19. The van der Waals surface area contributed by atoms with Crippen molar-refractivity contribution in [2.75, 3.05) is 0 Å². The molecule has 5 nitrogen and oxygen atoms in total. The fourth-order valence-electron chi connectivity index (χ4n) is 5.41. The van der Waals surface area contributed by atoms with E-state index >= 15 is 0 Å². The summed E-state index contributed by atoms with van der Waals surface area (Å²) in [6.45, 7) is 0. The molecule has 3 heterocycles. The molecule has 0 unspecified atom stereocenters. The highest BCUT2D eigenvalue weighted by Crippen LogP contribution is 2.38. The van der Waals surface area contributed by atoms with Gasteiger partial charge in [-0.25, -0.2) is 15.0 Å². The number of hydrogen-bond donors (Lipinski definition) is 0. The molecule has 8 rings (SSSR count). The van der Waals surface area contributed by atoms with Gasteiger partial charge >= 0.3 is 0 Å². The van der Waals surface area contributed by atoms with Crippen LogP contribution in [-0.2, 0) is 0 Å². The fourth-order valence-corrected chi connectivity index (χ4v) is 5.41. The molecule has 0 N–H and O–H groups in total. The first kappa shape index (κ1) is 22.4. The second-order valence-corrected chi connectivity index (χ2v) is 9.72. The Hall–Kier alpha value is -5.55. The maximum absolute atomic E-state index is 6.45. The normalized spacial score (nSPS) is 11.5. The lowest BCUT2D eigenvalue weighted by molar-refractivity contribution is 0.623.